The van der Waals surface area contributed by atoms with Crippen molar-refractivity contribution in [3.8, 4) is 0 Å². The number of ether oxygens (including phenoxy) is 1. The zero-order valence-corrected chi connectivity index (χ0v) is 10.1. The molecule has 1 aromatic rings. The van der Waals surface area contributed by atoms with E-state index in [0.29, 0.717) is 6.54 Å². The van der Waals surface area contributed by atoms with Gasteiger partial charge in [-0.25, -0.2) is 8.78 Å². The van der Waals surface area contributed by atoms with Crippen molar-refractivity contribution in [3.05, 3.63) is 29.8 Å². The summed E-state index contributed by atoms with van der Waals surface area (Å²) in [5.74, 6) is -1.66. The minimum atomic E-state index is -0.831. The van der Waals surface area contributed by atoms with Crippen molar-refractivity contribution in [2.45, 2.75) is 38.4 Å². The summed E-state index contributed by atoms with van der Waals surface area (Å²) in [7, 11) is 0. The van der Waals surface area contributed by atoms with Crippen LogP contribution in [0.4, 0.5) is 14.5 Å². The Labute approximate surface area is 100.0 Å². The van der Waals surface area contributed by atoms with Crippen LogP contribution in [0.1, 0.15) is 26.7 Å². The minimum absolute atomic E-state index is 0.0627. The van der Waals surface area contributed by atoms with E-state index in [0.717, 1.165) is 18.9 Å². The maximum Gasteiger partial charge on any atom is 0.181 e. The molecule has 1 aliphatic rings. The largest absolute Gasteiger partial charge is 0.380 e. The van der Waals surface area contributed by atoms with E-state index in [1.54, 1.807) is 0 Å². The lowest BCUT2D eigenvalue weighted by atomic mass is 10.1. The van der Waals surface area contributed by atoms with Crippen LogP contribution in [-0.4, -0.2) is 18.2 Å². The van der Waals surface area contributed by atoms with Crippen LogP contribution in [0.5, 0.6) is 0 Å². The number of hydrogen-bond donors (Lipinski definition) is 1. The van der Waals surface area contributed by atoms with E-state index in [9.17, 15) is 8.78 Å². The number of halogens is 2. The van der Waals surface area contributed by atoms with E-state index < -0.39 is 11.6 Å². The fraction of sp³-hybridized carbons (Fsp3) is 0.538. The van der Waals surface area contributed by atoms with Gasteiger partial charge in [-0.05, 0) is 38.8 Å². The first-order valence-corrected chi connectivity index (χ1v) is 5.84. The molecule has 0 radical (unpaired) electrons. The second-order valence-electron chi connectivity index (χ2n) is 5.02. The SMILES string of the molecule is CC1(C)CCC(CNc2cccc(F)c2F)O1. The molecule has 0 amide bonds. The molecule has 1 saturated heterocycles. The summed E-state index contributed by atoms with van der Waals surface area (Å²) in [6.07, 6.45) is 2.00. The Morgan fingerprint density at radius 3 is 2.82 bits per heavy atom. The van der Waals surface area contributed by atoms with E-state index in [1.165, 1.54) is 12.1 Å². The van der Waals surface area contributed by atoms with Gasteiger partial charge in [-0.1, -0.05) is 6.07 Å². The average Bonchev–Trinajstić information content (AvgIpc) is 2.61. The molecule has 0 bridgehead atoms. The molecule has 0 aromatic heterocycles. The van der Waals surface area contributed by atoms with E-state index >= 15 is 0 Å². The predicted molar refractivity (Wildman–Crippen MR) is 63.0 cm³/mol. The van der Waals surface area contributed by atoms with Crippen molar-refractivity contribution >= 4 is 5.69 Å². The van der Waals surface area contributed by atoms with Gasteiger partial charge in [0.05, 0.1) is 17.4 Å². The van der Waals surface area contributed by atoms with Gasteiger partial charge in [0.1, 0.15) is 0 Å². The molecule has 1 N–H and O–H groups in total. The second kappa shape index (κ2) is 4.61. The molecule has 2 rings (SSSR count). The molecular weight excluding hydrogens is 224 g/mol. The molecule has 0 spiro atoms. The maximum absolute atomic E-state index is 13.3. The van der Waals surface area contributed by atoms with Gasteiger partial charge >= 0.3 is 0 Å². The lowest BCUT2D eigenvalue weighted by Gasteiger charge is -2.19. The molecule has 1 aliphatic heterocycles. The molecule has 94 valence electrons. The molecule has 1 aromatic carbocycles. The van der Waals surface area contributed by atoms with Gasteiger partial charge in [0.25, 0.3) is 0 Å². The van der Waals surface area contributed by atoms with Crippen LogP contribution in [-0.2, 0) is 4.74 Å². The fourth-order valence-corrected chi connectivity index (χ4v) is 2.09. The van der Waals surface area contributed by atoms with Crippen LogP contribution in [0.3, 0.4) is 0 Å². The highest BCUT2D eigenvalue weighted by Gasteiger charge is 2.31. The van der Waals surface area contributed by atoms with Crippen molar-refractivity contribution in [2.75, 3.05) is 11.9 Å². The van der Waals surface area contributed by atoms with E-state index in [2.05, 4.69) is 5.32 Å². The van der Waals surface area contributed by atoms with Gasteiger partial charge in [0.2, 0.25) is 0 Å². The number of hydrogen-bond acceptors (Lipinski definition) is 2. The van der Waals surface area contributed by atoms with Gasteiger partial charge in [0.15, 0.2) is 11.6 Å². The van der Waals surface area contributed by atoms with Crippen molar-refractivity contribution in [2.24, 2.45) is 0 Å². The summed E-state index contributed by atoms with van der Waals surface area (Å²) in [5.41, 5.74) is 0.0885. The highest BCUT2D eigenvalue weighted by atomic mass is 19.2. The van der Waals surface area contributed by atoms with Crippen molar-refractivity contribution in [1.82, 2.24) is 0 Å². The van der Waals surface area contributed by atoms with E-state index in [4.69, 9.17) is 4.74 Å². The first kappa shape index (κ1) is 12.3. The van der Waals surface area contributed by atoms with Crippen molar-refractivity contribution < 1.29 is 13.5 Å². The quantitative estimate of drug-likeness (QED) is 0.876. The summed E-state index contributed by atoms with van der Waals surface area (Å²) in [5, 5.41) is 2.89. The second-order valence-corrected chi connectivity index (χ2v) is 5.02. The van der Waals surface area contributed by atoms with Crippen LogP contribution < -0.4 is 5.32 Å². The Morgan fingerprint density at radius 2 is 2.18 bits per heavy atom. The summed E-state index contributed by atoms with van der Waals surface area (Å²) in [4.78, 5) is 0. The highest BCUT2D eigenvalue weighted by Crippen LogP contribution is 2.29. The lowest BCUT2D eigenvalue weighted by Crippen LogP contribution is -2.25. The first-order valence-electron chi connectivity index (χ1n) is 5.84. The van der Waals surface area contributed by atoms with Crippen LogP contribution in [0.2, 0.25) is 0 Å². The predicted octanol–water partition coefficient (Wildman–Crippen LogP) is 3.33. The molecule has 2 nitrogen and oxygen atoms in total. The third-order valence-corrected chi connectivity index (χ3v) is 3.03. The van der Waals surface area contributed by atoms with Crippen LogP contribution in [0, 0.1) is 11.6 Å². The van der Waals surface area contributed by atoms with Gasteiger partial charge in [-0.3, -0.25) is 0 Å². The minimum Gasteiger partial charge on any atom is -0.380 e. The highest BCUT2D eigenvalue weighted by molar-refractivity contribution is 5.45. The summed E-state index contributed by atoms with van der Waals surface area (Å²) in [6.45, 7) is 4.58. The Kier molecular flexibility index (Phi) is 3.33. The lowest BCUT2D eigenvalue weighted by molar-refractivity contribution is -0.00913. The molecule has 0 aliphatic carbocycles. The molecule has 0 saturated carbocycles. The van der Waals surface area contributed by atoms with Gasteiger partial charge < -0.3 is 10.1 Å². The molecule has 1 unspecified atom stereocenters. The summed E-state index contributed by atoms with van der Waals surface area (Å²) < 4.78 is 32.1. The van der Waals surface area contributed by atoms with Crippen molar-refractivity contribution in [3.63, 3.8) is 0 Å². The van der Waals surface area contributed by atoms with Crippen LogP contribution >= 0.6 is 0 Å². The third-order valence-electron chi connectivity index (χ3n) is 3.03. The molecule has 1 fully saturated rings. The topological polar surface area (TPSA) is 21.3 Å². The maximum atomic E-state index is 13.3. The van der Waals surface area contributed by atoms with Gasteiger partial charge in [-0.15, -0.1) is 0 Å². The number of rotatable bonds is 3. The van der Waals surface area contributed by atoms with Crippen molar-refractivity contribution in [1.29, 1.82) is 0 Å². The molecular formula is C13H17F2NO. The Balaban J connectivity index is 1.93. The Bertz CT molecular complexity index is 406. The van der Waals surface area contributed by atoms with Gasteiger partial charge in [-0.2, -0.15) is 0 Å². The molecule has 1 atom stereocenters. The van der Waals surface area contributed by atoms with E-state index in [1.807, 2.05) is 13.8 Å². The molecule has 4 heteroatoms. The third kappa shape index (κ3) is 2.94. The fourth-order valence-electron chi connectivity index (χ4n) is 2.09. The number of nitrogens with one attached hydrogen (secondary N) is 1. The van der Waals surface area contributed by atoms with E-state index in [-0.39, 0.29) is 17.4 Å². The van der Waals surface area contributed by atoms with Crippen LogP contribution in [0.15, 0.2) is 18.2 Å². The summed E-state index contributed by atoms with van der Waals surface area (Å²) in [6, 6.07) is 4.12. The first-order chi connectivity index (χ1) is 7.98. The summed E-state index contributed by atoms with van der Waals surface area (Å²) >= 11 is 0. The number of anilines is 1. The standard InChI is InChI=1S/C13H17F2NO/c1-13(2)7-6-9(17-13)8-16-11-5-3-4-10(14)12(11)15/h3-5,9,16H,6-8H2,1-2H3. The monoisotopic (exact) mass is 241 g/mol. The average molecular weight is 241 g/mol. The Morgan fingerprint density at radius 1 is 1.41 bits per heavy atom. The van der Waals surface area contributed by atoms with Gasteiger partial charge in [0, 0.05) is 6.54 Å². The molecule has 17 heavy (non-hydrogen) atoms. The zero-order valence-electron chi connectivity index (χ0n) is 10.1. The normalized spacial score (nSPS) is 22.7. The van der Waals surface area contributed by atoms with Crippen LogP contribution in [0.25, 0.3) is 0 Å². The smallest absolute Gasteiger partial charge is 0.181 e. The zero-order chi connectivity index (χ0) is 12.5. The Hall–Kier alpha value is -1.16. The number of benzene rings is 1. The molecule has 1 heterocycles.